The van der Waals surface area contributed by atoms with Crippen LogP contribution in [0.2, 0.25) is 0 Å². The summed E-state index contributed by atoms with van der Waals surface area (Å²) in [7, 11) is 0. The van der Waals surface area contributed by atoms with Gasteiger partial charge < -0.3 is 20.7 Å². The molecule has 1 saturated heterocycles. The molecule has 0 saturated carbocycles. The van der Waals surface area contributed by atoms with Gasteiger partial charge in [0.2, 0.25) is 5.91 Å². The van der Waals surface area contributed by atoms with E-state index in [1.807, 2.05) is 23.1 Å². The molecule has 2 aliphatic rings. The molecule has 1 fully saturated rings. The zero-order valence-corrected chi connectivity index (χ0v) is 13.6. The Morgan fingerprint density at radius 1 is 1.25 bits per heavy atom. The zero-order valence-electron chi connectivity index (χ0n) is 13.6. The fourth-order valence-electron chi connectivity index (χ4n) is 3.16. The van der Waals surface area contributed by atoms with Gasteiger partial charge in [0.15, 0.2) is 0 Å². The SMILES string of the molecule is NC(=O)C1CCC(CNC(=O)N2CCC=C(c3ccccc3)C2)O1. The first-order valence-corrected chi connectivity index (χ1v) is 8.35. The minimum atomic E-state index is -0.519. The Bertz CT molecular complexity index is 630. The van der Waals surface area contributed by atoms with Crippen molar-refractivity contribution in [2.45, 2.75) is 31.5 Å². The lowest BCUT2D eigenvalue weighted by Gasteiger charge is -2.28. The highest BCUT2D eigenvalue weighted by atomic mass is 16.5. The maximum atomic E-state index is 12.4. The highest BCUT2D eigenvalue weighted by molar-refractivity contribution is 5.79. The number of nitrogens with two attached hydrogens (primary N) is 1. The number of benzene rings is 1. The topological polar surface area (TPSA) is 84.7 Å². The molecule has 128 valence electrons. The van der Waals surface area contributed by atoms with Gasteiger partial charge in [-0.05, 0) is 30.4 Å². The summed E-state index contributed by atoms with van der Waals surface area (Å²) in [6.45, 7) is 1.71. The number of nitrogens with one attached hydrogen (secondary N) is 1. The third-order valence-corrected chi connectivity index (χ3v) is 4.49. The van der Waals surface area contributed by atoms with E-state index >= 15 is 0 Å². The first-order chi connectivity index (χ1) is 11.6. The first-order valence-electron chi connectivity index (χ1n) is 8.35. The van der Waals surface area contributed by atoms with Crippen molar-refractivity contribution in [1.29, 1.82) is 0 Å². The molecule has 1 aromatic carbocycles. The summed E-state index contributed by atoms with van der Waals surface area (Å²) in [5, 5.41) is 2.91. The number of amides is 3. The van der Waals surface area contributed by atoms with Crippen LogP contribution >= 0.6 is 0 Å². The third-order valence-electron chi connectivity index (χ3n) is 4.49. The van der Waals surface area contributed by atoms with Gasteiger partial charge in [0, 0.05) is 19.6 Å². The second kappa shape index (κ2) is 7.49. The lowest BCUT2D eigenvalue weighted by molar-refractivity contribution is -0.128. The highest BCUT2D eigenvalue weighted by Crippen LogP contribution is 2.21. The molecule has 0 spiro atoms. The van der Waals surface area contributed by atoms with Gasteiger partial charge in [0.05, 0.1) is 6.10 Å². The van der Waals surface area contributed by atoms with Crippen LogP contribution in [0.25, 0.3) is 5.57 Å². The minimum Gasteiger partial charge on any atom is -0.367 e. The molecule has 1 aromatic rings. The third kappa shape index (κ3) is 3.94. The first kappa shape index (κ1) is 16.5. The number of primary amides is 1. The Balaban J connectivity index is 1.49. The maximum Gasteiger partial charge on any atom is 0.317 e. The van der Waals surface area contributed by atoms with Crippen LogP contribution < -0.4 is 11.1 Å². The van der Waals surface area contributed by atoms with Gasteiger partial charge in [0.1, 0.15) is 6.10 Å². The molecule has 2 aliphatic heterocycles. The van der Waals surface area contributed by atoms with Crippen LogP contribution in [0.1, 0.15) is 24.8 Å². The number of nitrogens with zero attached hydrogens (tertiary/aromatic N) is 1. The van der Waals surface area contributed by atoms with E-state index in [0.717, 1.165) is 18.4 Å². The number of ether oxygens (including phenoxy) is 1. The highest BCUT2D eigenvalue weighted by Gasteiger charge is 2.29. The number of rotatable bonds is 4. The summed E-state index contributed by atoms with van der Waals surface area (Å²) < 4.78 is 5.53. The fraction of sp³-hybridized carbons (Fsp3) is 0.444. The van der Waals surface area contributed by atoms with Gasteiger partial charge in [-0.3, -0.25) is 4.79 Å². The van der Waals surface area contributed by atoms with Gasteiger partial charge in [-0.2, -0.15) is 0 Å². The van der Waals surface area contributed by atoms with Crippen LogP contribution in [-0.2, 0) is 9.53 Å². The average Bonchev–Trinajstić information content (AvgIpc) is 3.10. The lowest BCUT2D eigenvalue weighted by atomic mass is 10.0. The van der Waals surface area contributed by atoms with Gasteiger partial charge >= 0.3 is 6.03 Å². The Labute approximate surface area is 141 Å². The van der Waals surface area contributed by atoms with Crippen molar-refractivity contribution >= 4 is 17.5 Å². The Hall–Kier alpha value is -2.34. The van der Waals surface area contributed by atoms with E-state index in [4.69, 9.17) is 10.5 Å². The van der Waals surface area contributed by atoms with Crippen molar-refractivity contribution in [3.63, 3.8) is 0 Å². The van der Waals surface area contributed by atoms with Crippen molar-refractivity contribution in [1.82, 2.24) is 10.2 Å². The molecular weight excluding hydrogens is 306 g/mol. The molecule has 24 heavy (non-hydrogen) atoms. The second-order valence-electron chi connectivity index (χ2n) is 6.22. The fourth-order valence-corrected chi connectivity index (χ4v) is 3.16. The summed E-state index contributed by atoms with van der Waals surface area (Å²) in [4.78, 5) is 25.3. The van der Waals surface area contributed by atoms with Crippen LogP contribution in [0.3, 0.4) is 0 Å². The van der Waals surface area contributed by atoms with E-state index in [1.54, 1.807) is 0 Å². The Morgan fingerprint density at radius 2 is 2.04 bits per heavy atom. The van der Waals surface area contributed by atoms with E-state index in [-0.39, 0.29) is 12.1 Å². The average molecular weight is 329 g/mol. The molecule has 0 aromatic heterocycles. The molecule has 2 atom stereocenters. The summed E-state index contributed by atoms with van der Waals surface area (Å²) >= 11 is 0. The van der Waals surface area contributed by atoms with Crippen LogP contribution in [0.5, 0.6) is 0 Å². The predicted molar refractivity (Wildman–Crippen MR) is 91.1 cm³/mol. The zero-order chi connectivity index (χ0) is 16.9. The van der Waals surface area contributed by atoms with Gasteiger partial charge in [-0.15, -0.1) is 0 Å². The maximum absolute atomic E-state index is 12.4. The second-order valence-corrected chi connectivity index (χ2v) is 6.22. The molecule has 6 heteroatoms. The van der Waals surface area contributed by atoms with Crippen molar-refractivity contribution in [2.75, 3.05) is 19.6 Å². The van der Waals surface area contributed by atoms with Crippen molar-refractivity contribution < 1.29 is 14.3 Å². The Morgan fingerprint density at radius 3 is 2.75 bits per heavy atom. The monoisotopic (exact) mass is 329 g/mol. The summed E-state index contributed by atoms with van der Waals surface area (Å²) in [6, 6.07) is 10.0. The number of hydrogen-bond acceptors (Lipinski definition) is 3. The predicted octanol–water partition coefficient (Wildman–Crippen LogP) is 1.52. The Kier molecular flexibility index (Phi) is 5.15. The molecule has 3 rings (SSSR count). The van der Waals surface area contributed by atoms with Gasteiger partial charge in [0.25, 0.3) is 0 Å². The molecule has 2 heterocycles. The largest absolute Gasteiger partial charge is 0.367 e. The van der Waals surface area contributed by atoms with Crippen molar-refractivity contribution in [3.8, 4) is 0 Å². The molecule has 6 nitrogen and oxygen atoms in total. The van der Waals surface area contributed by atoms with Crippen LogP contribution in [0, 0.1) is 0 Å². The normalized spacial score (nSPS) is 23.7. The van der Waals surface area contributed by atoms with Crippen molar-refractivity contribution in [2.24, 2.45) is 5.73 Å². The summed E-state index contributed by atoms with van der Waals surface area (Å²) in [6.07, 6.45) is 3.75. The number of hydrogen-bond donors (Lipinski definition) is 2. The van der Waals surface area contributed by atoms with E-state index in [2.05, 4.69) is 23.5 Å². The van der Waals surface area contributed by atoms with Crippen molar-refractivity contribution in [3.05, 3.63) is 42.0 Å². The molecule has 3 amide bonds. The molecular formula is C18H23N3O3. The quantitative estimate of drug-likeness (QED) is 0.878. The number of carbonyl (C=O) groups excluding carboxylic acids is 2. The standard InChI is InChI=1S/C18H23N3O3/c19-17(22)16-9-8-15(24-16)11-20-18(23)21-10-4-7-14(12-21)13-5-2-1-3-6-13/h1-3,5-7,15-16H,4,8-12H2,(H2,19,22)(H,20,23). The van der Waals surface area contributed by atoms with E-state index < -0.39 is 12.0 Å². The molecule has 0 radical (unpaired) electrons. The van der Waals surface area contributed by atoms with Gasteiger partial charge in [-0.25, -0.2) is 4.79 Å². The van der Waals surface area contributed by atoms with Gasteiger partial charge in [-0.1, -0.05) is 36.4 Å². The van der Waals surface area contributed by atoms with E-state index in [9.17, 15) is 9.59 Å². The summed E-state index contributed by atoms with van der Waals surface area (Å²) in [5.74, 6) is -0.433. The van der Waals surface area contributed by atoms with Crippen LogP contribution in [0.15, 0.2) is 36.4 Å². The number of urea groups is 1. The molecule has 2 unspecified atom stereocenters. The van der Waals surface area contributed by atoms with Crippen LogP contribution in [-0.4, -0.2) is 48.7 Å². The molecule has 0 aliphatic carbocycles. The van der Waals surface area contributed by atoms with E-state index in [1.165, 1.54) is 5.57 Å². The molecule has 3 N–H and O–H groups in total. The summed E-state index contributed by atoms with van der Waals surface area (Å²) in [5.41, 5.74) is 7.56. The smallest absolute Gasteiger partial charge is 0.317 e. The number of carbonyl (C=O) groups is 2. The van der Waals surface area contributed by atoms with Crippen LogP contribution in [0.4, 0.5) is 4.79 Å². The minimum absolute atomic E-state index is 0.0948. The lowest BCUT2D eigenvalue weighted by Crippen LogP contribution is -2.45. The van der Waals surface area contributed by atoms with E-state index in [0.29, 0.717) is 26.1 Å². The molecule has 0 bridgehead atoms.